The van der Waals surface area contributed by atoms with Gasteiger partial charge < -0.3 is 10.6 Å². The van der Waals surface area contributed by atoms with Gasteiger partial charge in [0.2, 0.25) is 5.91 Å². The van der Waals surface area contributed by atoms with Gasteiger partial charge in [-0.3, -0.25) is 14.5 Å². The van der Waals surface area contributed by atoms with Crippen LogP contribution >= 0.6 is 0 Å². The van der Waals surface area contributed by atoms with E-state index in [2.05, 4.69) is 17.6 Å². The lowest BCUT2D eigenvalue weighted by Gasteiger charge is -2.22. The van der Waals surface area contributed by atoms with Crippen LogP contribution in [-0.4, -0.2) is 34.8 Å². The number of benzene rings is 1. The Hall–Kier alpha value is -2.37. The van der Waals surface area contributed by atoms with Gasteiger partial charge >= 0.3 is 6.03 Å². The molecule has 0 bridgehead atoms. The molecule has 0 saturated carbocycles. The van der Waals surface area contributed by atoms with Crippen molar-refractivity contribution in [3.8, 4) is 0 Å². The SMILES string of the molecule is CCCCCC[C@@]1(C)NC(=O)N(CC(=O)N[C@@H](C)c2ccccc2)C1=O. The molecule has 6 heteroatoms. The van der Waals surface area contributed by atoms with E-state index in [0.29, 0.717) is 6.42 Å². The highest BCUT2D eigenvalue weighted by atomic mass is 16.2. The molecule has 1 heterocycles. The predicted molar refractivity (Wildman–Crippen MR) is 100 cm³/mol. The molecule has 0 unspecified atom stereocenters. The molecule has 1 fully saturated rings. The van der Waals surface area contributed by atoms with Crippen LogP contribution in [0.25, 0.3) is 0 Å². The first-order valence-electron chi connectivity index (χ1n) is 9.36. The van der Waals surface area contributed by atoms with E-state index in [1.54, 1.807) is 6.92 Å². The second-order valence-corrected chi connectivity index (χ2v) is 7.16. The molecule has 1 aromatic rings. The molecule has 0 aliphatic carbocycles. The van der Waals surface area contributed by atoms with Crippen molar-refractivity contribution >= 4 is 17.8 Å². The minimum Gasteiger partial charge on any atom is -0.348 e. The van der Waals surface area contributed by atoms with Gasteiger partial charge in [0, 0.05) is 0 Å². The number of rotatable bonds is 9. The van der Waals surface area contributed by atoms with Gasteiger partial charge in [-0.15, -0.1) is 0 Å². The van der Waals surface area contributed by atoms with Crippen LogP contribution in [0.15, 0.2) is 30.3 Å². The van der Waals surface area contributed by atoms with Gasteiger partial charge in [0.05, 0.1) is 6.04 Å². The molecule has 1 aliphatic rings. The third kappa shape index (κ3) is 4.84. The molecule has 2 atom stereocenters. The second kappa shape index (κ2) is 8.83. The van der Waals surface area contributed by atoms with Gasteiger partial charge in [0.25, 0.3) is 5.91 Å². The highest BCUT2D eigenvalue weighted by molar-refractivity contribution is 6.08. The summed E-state index contributed by atoms with van der Waals surface area (Å²) < 4.78 is 0. The van der Waals surface area contributed by atoms with E-state index in [9.17, 15) is 14.4 Å². The predicted octanol–water partition coefficient (Wildman–Crippen LogP) is 3.14. The van der Waals surface area contributed by atoms with Gasteiger partial charge in [-0.1, -0.05) is 62.9 Å². The maximum Gasteiger partial charge on any atom is 0.325 e. The van der Waals surface area contributed by atoms with Crippen LogP contribution in [0.1, 0.15) is 64.5 Å². The Kier molecular flexibility index (Phi) is 6.77. The molecule has 1 aliphatic heterocycles. The van der Waals surface area contributed by atoms with Crippen LogP contribution in [0, 0.1) is 0 Å². The number of hydrogen-bond donors (Lipinski definition) is 2. The quantitative estimate of drug-likeness (QED) is 0.525. The molecule has 1 saturated heterocycles. The Labute approximate surface area is 155 Å². The lowest BCUT2D eigenvalue weighted by molar-refractivity contribution is -0.135. The molecule has 26 heavy (non-hydrogen) atoms. The van der Waals surface area contributed by atoms with Crippen LogP contribution in [-0.2, 0) is 9.59 Å². The normalized spacial score (nSPS) is 20.8. The van der Waals surface area contributed by atoms with Gasteiger partial charge in [-0.2, -0.15) is 0 Å². The van der Waals surface area contributed by atoms with E-state index in [4.69, 9.17) is 0 Å². The number of amides is 4. The number of unbranched alkanes of at least 4 members (excludes halogenated alkanes) is 3. The number of nitrogens with one attached hydrogen (secondary N) is 2. The molecule has 0 radical (unpaired) electrons. The van der Waals surface area contributed by atoms with Crippen LogP contribution in [0.4, 0.5) is 4.79 Å². The molecule has 4 amide bonds. The zero-order valence-electron chi connectivity index (χ0n) is 15.9. The molecule has 2 N–H and O–H groups in total. The molecular formula is C20H29N3O3. The van der Waals surface area contributed by atoms with Crippen molar-refractivity contribution < 1.29 is 14.4 Å². The average Bonchev–Trinajstić information content (AvgIpc) is 2.83. The number of nitrogens with zero attached hydrogens (tertiary/aromatic N) is 1. The van der Waals surface area contributed by atoms with E-state index in [1.807, 2.05) is 37.3 Å². The van der Waals surface area contributed by atoms with Crippen LogP contribution < -0.4 is 10.6 Å². The third-order valence-corrected chi connectivity index (χ3v) is 4.85. The van der Waals surface area contributed by atoms with Gasteiger partial charge in [-0.25, -0.2) is 4.79 Å². The maximum atomic E-state index is 12.7. The lowest BCUT2D eigenvalue weighted by atomic mass is 9.94. The van der Waals surface area contributed by atoms with Crippen LogP contribution in [0.3, 0.4) is 0 Å². The molecule has 0 aromatic heterocycles. The number of urea groups is 1. The van der Waals surface area contributed by atoms with E-state index >= 15 is 0 Å². The van der Waals surface area contributed by atoms with E-state index < -0.39 is 11.6 Å². The fraction of sp³-hybridized carbons (Fsp3) is 0.550. The number of carbonyl (C=O) groups is 3. The lowest BCUT2D eigenvalue weighted by Crippen LogP contribution is -2.45. The summed E-state index contributed by atoms with van der Waals surface area (Å²) >= 11 is 0. The molecule has 142 valence electrons. The van der Waals surface area contributed by atoms with Crippen LogP contribution in [0.5, 0.6) is 0 Å². The fourth-order valence-electron chi connectivity index (χ4n) is 3.22. The molecule has 2 rings (SSSR count). The van der Waals surface area contributed by atoms with Crippen LogP contribution in [0.2, 0.25) is 0 Å². The summed E-state index contributed by atoms with van der Waals surface area (Å²) in [5, 5.41) is 5.59. The Morgan fingerprint density at radius 1 is 1.19 bits per heavy atom. The highest BCUT2D eigenvalue weighted by Gasteiger charge is 2.47. The van der Waals surface area contributed by atoms with E-state index in [0.717, 1.165) is 36.1 Å². The molecular weight excluding hydrogens is 330 g/mol. The molecule has 1 aromatic carbocycles. The average molecular weight is 359 g/mol. The fourth-order valence-corrected chi connectivity index (χ4v) is 3.22. The van der Waals surface area contributed by atoms with Crippen molar-refractivity contribution in [3.05, 3.63) is 35.9 Å². The van der Waals surface area contributed by atoms with Crippen molar-refractivity contribution in [2.24, 2.45) is 0 Å². The van der Waals surface area contributed by atoms with E-state index in [1.165, 1.54) is 0 Å². The van der Waals surface area contributed by atoms with Crippen molar-refractivity contribution in [3.63, 3.8) is 0 Å². The molecule has 6 nitrogen and oxygen atoms in total. The highest BCUT2D eigenvalue weighted by Crippen LogP contribution is 2.24. The minimum absolute atomic E-state index is 0.190. The zero-order valence-corrected chi connectivity index (χ0v) is 15.9. The summed E-state index contributed by atoms with van der Waals surface area (Å²) in [4.78, 5) is 38.2. The Bertz CT molecular complexity index is 647. The summed E-state index contributed by atoms with van der Waals surface area (Å²) in [6, 6.07) is 8.88. The number of carbonyl (C=O) groups excluding carboxylic acids is 3. The smallest absolute Gasteiger partial charge is 0.325 e. The maximum absolute atomic E-state index is 12.7. The number of imide groups is 1. The first kappa shape index (κ1) is 19.9. The monoisotopic (exact) mass is 359 g/mol. The van der Waals surface area contributed by atoms with Gasteiger partial charge in [-0.05, 0) is 25.8 Å². The summed E-state index contributed by atoms with van der Waals surface area (Å²) in [7, 11) is 0. The standard InChI is InChI=1S/C20H29N3O3/c1-4-5-6-10-13-20(3)18(25)23(19(26)22-20)14-17(24)21-15(2)16-11-8-7-9-12-16/h7-9,11-12,15H,4-6,10,13-14H2,1-3H3,(H,21,24)(H,22,26)/t15-,20+/m0/s1. The largest absolute Gasteiger partial charge is 0.348 e. The van der Waals surface area contributed by atoms with Crippen molar-refractivity contribution in [2.45, 2.75) is 64.5 Å². The minimum atomic E-state index is -0.907. The van der Waals surface area contributed by atoms with E-state index in [-0.39, 0.29) is 24.4 Å². The van der Waals surface area contributed by atoms with Gasteiger partial charge in [0.1, 0.15) is 12.1 Å². The van der Waals surface area contributed by atoms with Crippen molar-refractivity contribution in [2.75, 3.05) is 6.54 Å². The third-order valence-electron chi connectivity index (χ3n) is 4.85. The Balaban J connectivity index is 1.91. The first-order valence-corrected chi connectivity index (χ1v) is 9.36. The summed E-state index contributed by atoms with van der Waals surface area (Å²) in [5.74, 6) is -0.665. The van der Waals surface area contributed by atoms with Crippen molar-refractivity contribution in [1.82, 2.24) is 15.5 Å². The first-order chi connectivity index (χ1) is 12.4. The number of hydrogen-bond acceptors (Lipinski definition) is 3. The zero-order chi connectivity index (χ0) is 19.2. The summed E-state index contributed by atoms with van der Waals surface area (Å²) in [6.07, 6.45) is 4.73. The summed E-state index contributed by atoms with van der Waals surface area (Å²) in [5.41, 5.74) is 0.0645. The molecule has 0 spiro atoms. The topological polar surface area (TPSA) is 78.5 Å². The summed E-state index contributed by atoms with van der Waals surface area (Å²) in [6.45, 7) is 5.48. The van der Waals surface area contributed by atoms with Gasteiger partial charge in [0.15, 0.2) is 0 Å². The van der Waals surface area contributed by atoms with Crippen molar-refractivity contribution in [1.29, 1.82) is 0 Å². The Morgan fingerprint density at radius 2 is 1.88 bits per heavy atom. The Morgan fingerprint density at radius 3 is 2.54 bits per heavy atom. The second-order valence-electron chi connectivity index (χ2n) is 7.16.